The van der Waals surface area contributed by atoms with E-state index in [1.165, 1.54) is 11.1 Å². The highest BCUT2D eigenvalue weighted by molar-refractivity contribution is 5.46. The second-order valence-electron chi connectivity index (χ2n) is 5.18. The number of ether oxygens (including phenoxy) is 1. The van der Waals surface area contributed by atoms with Gasteiger partial charge in [-0.15, -0.1) is 0 Å². The van der Waals surface area contributed by atoms with E-state index in [1.807, 2.05) is 24.3 Å². The Labute approximate surface area is 125 Å². The molecule has 0 aliphatic heterocycles. The summed E-state index contributed by atoms with van der Waals surface area (Å²) in [5, 5.41) is 8.79. The minimum Gasteiger partial charge on any atom is -0.492 e. The number of aliphatic hydroxyl groups excluding tert-OH is 1. The molecule has 0 heterocycles. The van der Waals surface area contributed by atoms with Crippen molar-refractivity contribution in [2.24, 2.45) is 0 Å². The predicted molar refractivity (Wildman–Crippen MR) is 83.4 cm³/mol. The van der Waals surface area contributed by atoms with Crippen molar-refractivity contribution in [3.05, 3.63) is 65.2 Å². The third-order valence-electron chi connectivity index (χ3n) is 3.75. The molecule has 0 radical (unpaired) electrons. The van der Waals surface area contributed by atoms with E-state index in [0.717, 1.165) is 17.7 Å². The quantitative estimate of drug-likeness (QED) is 0.871. The average molecular weight is 278 g/mol. The summed E-state index contributed by atoms with van der Waals surface area (Å²) >= 11 is 0. The van der Waals surface area contributed by atoms with Crippen LogP contribution in [0.4, 0.5) is 0 Å². The Bertz CT molecular complexity index is 679. The van der Waals surface area contributed by atoms with Gasteiger partial charge in [-0.2, -0.15) is 0 Å². The molecular weight excluding hydrogens is 260 g/mol. The van der Waals surface area contributed by atoms with Gasteiger partial charge in [0.25, 0.3) is 0 Å². The van der Waals surface area contributed by atoms with Crippen LogP contribution < -0.4 is 4.74 Å². The minimum atomic E-state index is 0.0921. The van der Waals surface area contributed by atoms with Gasteiger partial charge in [0.1, 0.15) is 5.75 Å². The molecule has 0 fully saturated rings. The maximum atomic E-state index is 8.79. The van der Waals surface area contributed by atoms with Crippen LogP contribution in [-0.2, 0) is 6.42 Å². The number of fused-ring (bicyclic) bond motifs is 1. The van der Waals surface area contributed by atoms with Gasteiger partial charge < -0.3 is 9.84 Å². The van der Waals surface area contributed by atoms with Gasteiger partial charge in [0, 0.05) is 12.3 Å². The summed E-state index contributed by atoms with van der Waals surface area (Å²) in [5.74, 6) is 7.31. The van der Waals surface area contributed by atoms with Crippen LogP contribution in [0.15, 0.2) is 48.5 Å². The summed E-state index contributed by atoms with van der Waals surface area (Å²) in [6, 6.07) is 16.3. The van der Waals surface area contributed by atoms with Crippen LogP contribution in [-0.4, -0.2) is 18.3 Å². The number of hydrogen-bond donors (Lipinski definition) is 1. The molecule has 2 aromatic rings. The average Bonchev–Trinajstić information content (AvgIpc) is 2.50. The van der Waals surface area contributed by atoms with Crippen molar-refractivity contribution in [2.75, 3.05) is 13.2 Å². The van der Waals surface area contributed by atoms with Crippen molar-refractivity contribution in [3.63, 3.8) is 0 Å². The zero-order valence-corrected chi connectivity index (χ0v) is 11.9. The molecule has 3 rings (SSSR count). The summed E-state index contributed by atoms with van der Waals surface area (Å²) in [5.41, 5.74) is 3.72. The van der Waals surface area contributed by atoms with Gasteiger partial charge in [0.2, 0.25) is 0 Å². The lowest BCUT2D eigenvalue weighted by atomic mass is 9.78. The molecule has 0 spiro atoms. The van der Waals surface area contributed by atoms with Crippen molar-refractivity contribution in [2.45, 2.75) is 18.8 Å². The van der Waals surface area contributed by atoms with Gasteiger partial charge in [-0.1, -0.05) is 48.2 Å². The van der Waals surface area contributed by atoms with Gasteiger partial charge in [0.15, 0.2) is 0 Å². The highest BCUT2D eigenvalue weighted by Gasteiger charge is 2.25. The standard InChI is InChI=1S/C19H18O2/c20-12-6-5-8-15-7-2-4-11-19(15)21-14-17-13-16-9-1-3-10-18(16)17/h1-4,7,9-11,17,20H,6,12-14H2. The van der Waals surface area contributed by atoms with Crippen molar-refractivity contribution in [3.8, 4) is 17.6 Å². The molecule has 2 heteroatoms. The molecule has 21 heavy (non-hydrogen) atoms. The first-order valence-electron chi connectivity index (χ1n) is 7.28. The lowest BCUT2D eigenvalue weighted by Crippen LogP contribution is -2.23. The van der Waals surface area contributed by atoms with E-state index in [-0.39, 0.29) is 6.61 Å². The van der Waals surface area contributed by atoms with E-state index >= 15 is 0 Å². The Kier molecular flexibility index (Phi) is 4.23. The highest BCUT2D eigenvalue weighted by Crippen LogP contribution is 2.35. The molecule has 1 N–H and O–H groups in total. The van der Waals surface area contributed by atoms with Gasteiger partial charge in [-0.3, -0.25) is 0 Å². The maximum Gasteiger partial charge on any atom is 0.134 e. The smallest absolute Gasteiger partial charge is 0.134 e. The number of benzene rings is 2. The first kappa shape index (κ1) is 13.7. The van der Waals surface area contributed by atoms with Crippen LogP contribution in [0.2, 0.25) is 0 Å². The second kappa shape index (κ2) is 6.47. The summed E-state index contributed by atoms with van der Waals surface area (Å²) < 4.78 is 5.96. The summed E-state index contributed by atoms with van der Waals surface area (Å²) in [7, 11) is 0. The number of para-hydroxylation sites is 1. The van der Waals surface area contributed by atoms with Crippen LogP contribution in [0.3, 0.4) is 0 Å². The Morgan fingerprint density at radius 3 is 2.76 bits per heavy atom. The van der Waals surface area contributed by atoms with Gasteiger partial charge in [0.05, 0.1) is 18.8 Å². The third-order valence-corrected chi connectivity index (χ3v) is 3.75. The SMILES string of the molecule is OCCC#Cc1ccccc1OCC1Cc2ccccc21. The molecule has 106 valence electrons. The molecule has 0 saturated carbocycles. The molecule has 2 nitrogen and oxygen atoms in total. The highest BCUT2D eigenvalue weighted by atomic mass is 16.5. The van der Waals surface area contributed by atoms with Gasteiger partial charge >= 0.3 is 0 Å². The molecule has 0 amide bonds. The van der Waals surface area contributed by atoms with Crippen LogP contribution in [0.25, 0.3) is 0 Å². The monoisotopic (exact) mass is 278 g/mol. The number of rotatable bonds is 4. The Morgan fingerprint density at radius 2 is 1.90 bits per heavy atom. The molecule has 1 aliphatic rings. The summed E-state index contributed by atoms with van der Waals surface area (Å²) in [6.45, 7) is 0.782. The fourth-order valence-electron chi connectivity index (χ4n) is 2.61. The molecule has 2 aromatic carbocycles. The summed E-state index contributed by atoms with van der Waals surface area (Å²) in [6.07, 6.45) is 1.58. The molecule has 1 atom stereocenters. The van der Waals surface area contributed by atoms with E-state index < -0.39 is 0 Å². The normalized spacial score (nSPS) is 15.4. The molecule has 0 bridgehead atoms. The van der Waals surface area contributed by atoms with Crippen LogP contribution in [0.1, 0.15) is 29.0 Å². The minimum absolute atomic E-state index is 0.0921. The summed E-state index contributed by atoms with van der Waals surface area (Å²) in [4.78, 5) is 0. The van der Waals surface area contributed by atoms with Crippen LogP contribution in [0, 0.1) is 11.8 Å². The van der Waals surface area contributed by atoms with Gasteiger partial charge in [-0.05, 0) is 29.7 Å². The van der Waals surface area contributed by atoms with E-state index in [2.05, 4.69) is 36.1 Å². The Morgan fingerprint density at radius 1 is 1.10 bits per heavy atom. The Balaban J connectivity index is 1.66. The lowest BCUT2D eigenvalue weighted by molar-refractivity contribution is 0.274. The molecule has 0 aromatic heterocycles. The fourth-order valence-corrected chi connectivity index (χ4v) is 2.61. The lowest BCUT2D eigenvalue weighted by Gasteiger charge is -2.30. The second-order valence-corrected chi connectivity index (χ2v) is 5.18. The molecular formula is C19H18O2. The topological polar surface area (TPSA) is 29.5 Å². The van der Waals surface area contributed by atoms with Crippen molar-refractivity contribution in [1.82, 2.24) is 0 Å². The molecule has 1 aliphatic carbocycles. The maximum absolute atomic E-state index is 8.79. The zero-order valence-electron chi connectivity index (χ0n) is 11.9. The fraction of sp³-hybridized carbons (Fsp3) is 0.263. The van der Waals surface area contributed by atoms with E-state index in [1.54, 1.807) is 0 Å². The predicted octanol–water partition coefficient (Wildman–Crippen LogP) is 3.14. The van der Waals surface area contributed by atoms with E-state index in [9.17, 15) is 0 Å². The van der Waals surface area contributed by atoms with Crippen molar-refractivity contribution < 1.29 is 9.84 Å². The van der Waals surface area contributed by atoms with Crippen LogP contribution >= 0.6 is 0 Å². The first-order chi connectivity index (χ1) is 10.4. The van der Waals surface area contributed by atoms with E-state index in [0.29, 0.717) is 18.9 Å². The molecule has 1 unspecified atom stereocenters. The molecule has 0 saturated heterocycles. The largest absolute Gasteiger partial charge is 0.492 e. The number of aliphatic hydroxyl groups is 1. The van der Waals surface area contributed by atoms with Crippen LogP contribution in [0.5, 0.6) is 5.75 Å². The third kappa shape index (κ3) is 3.09. The zero-order chi connectivity index (χ0) is 14.5. The number of hydrogen-bond acceptors (Lipinski definition) is 2. The van der Waals surface area contributed by atoms with Crippen molar-refractivity contribution >= 4 is 0 Å². The van der Waals surface area contributed by atoms with Crippen molar-refractivity contribution in [1.29, 1.82) is 0 Å². The van der Waals surface area contributed by atoms with Gasteiger partial charge in [-0.25, -0.2) is 0 Å². The Hall–Kier alpha value is -2.24. The first-order valence-corrected chi connectivity index (χ1v) is 7.28. The van der Waals surface area contributed by atoms with E-state index in [4.69, 9.17) is 9.84 Å².